The highest BCUT2D eigenvalue weighted by atomic mass is 16.4. The van der Waals surface area contributed by atoms with Crippen molar-refractivity contribution in [1.29, 1.82) is 0 Å². The fraction of sp³-hybridized carbons (Fsp3) is 0.250. The highest BCUT2D eigenvalue weighted by Gasteiger charge is 2.14. The van der Waals surface area contributed by atoms with E-state index < -0.39 is 17.9 Å². The highest BCUT2D eigenvalue weighted by Crippen LogP contribution is 2.09. The van der Waals surface area contributed by atoms with Crippen LogP contribution in [-0.4, -0.2) is 28.9 Å². The second-order valence-electron chi connectivity index (χ2n) is 3.79. The van der Waals surface area contributed by atoms with Crippen molar-refractivity contribution in [2.75, 3.05) is 5.32 Å². The van der Waals surface area contributed by atoms with E-state index in [2.05, 4.69) is 10.6 Å². The van der Waals surface area contributed by atoms with Gasteiger partial charge in [-0.2, -0.15) is 0 Å². The average molecular weight is 250 g/mol. The Labute approximate surface area is 104 Å². The van der Waals surface area contributed by atoms with Gasteiger partial charge in [0.2, 0.25) is 5.91 Å². The van der Waals surface area contributed by atoms with Crippen LogP contribution in [-0.2, 0) is 9.59 Å². The fourth-order valence-electron chi connectivity index (χ4n) is 1.25. The molecule has 0 aliphatic carbocycles. The molecule has 96 valence electrons. The summed E-state index contributed by atoms with van der Waals surface area (Å²) < 4.78 is 0. The molecular formula is C12H14N2O4. The number of carbonyl (C=O) groups is 3. The van der Waals surface area contributed by atoms with Gasteiger partial charge in [-0.1, -0.05) is 0 Å². The number of hydrogen-bond donors (Lipinski definition) is 3. The highest BCUT2D eigenvalue weighted by molar-refractivity contribution is 5.97. The number of carboxylic acid groups (broad SMARTS) is 1. The molecule has 2 amide bonds. The monoisotopic (exact) mass is 250 g/mol. The molecule has 3 N–H and O–H groups in total. The molecule has 6 nitrogen and oxygen atoms in total. The summed E-state index contributed by atoms with van der Waals surface area (Å²) in [5, 5.41) is 13.6. The van der Waals surface area contributed by atoms with Crippen molar-refractivity contribution in [3.05, 3.63) is 29.8 Å². The lowest BCUT2D eigenvalue weighted by Gasteiger charge is -2.09. The van der Waals surface area contributed by atoms with Crippen LogP contribution in [0.5, 0.6) is 0 Å². The Morgan fingerprint density at radius 1 is 1.17 bits per heavy atom. The summed E-state index contributed by atoms with van der Waals surface area (Å²) in [5.41, 5.74) is 0.905. The van der Waals surface area contributed by atoms with Crippen molar-refractivity contribution in [2.24, 2.45) is 0 Å². The van der Waals surface area contributed by atoms with Crippen molar-refractivity contribution < 1.29 is 19.5 Å². The normalized spacial score (nSPS) is 11.4. The molecule has 0 aliphatic rings. The van der Waals surface area contributed by atoms with Crippen LogP contribution in [0.2, 0.25) is 0 Å². The first kappa shape index (κ1) is 13.7. The summed E-state index contributed by atoms with van der Waals surface area (Å²) in [4.78, 5) is 33.0. The van der Waals surface area contributed by atoms with Crippen LogP contribution in [0.25, 0.3) is 0 Å². The Kier molecular flexibility index (Phi) is 4.42. The number of anilines is 1. The van der Waals surface area contributed by atoms with E-state index in [0.29, 0.717) is 11.3 Å². The quantitative estimate of drug-likeness (QED) is 0.738. The number of carbonyl (C=O) groups excluding carboxylic acids is 2. The van der Waals surface area contributed by atoms with Gasteiger partial charge in [0.1, 0.15) is 6.04 Å². The molecule has 0 saturated heterocycles. The molecular weight excluding hydrogens is 236 g/mol. The van der Waals surface area contributed by atoms with Crippen LogP contribution < -0.4 is 10.6 Å². The van der Waals surface area contributed by atoms with Crippen LogP contribution in [0, 0.1) is 0 Å². The Bertz CT molecular complexity index is 467. The number of hydrogen-bond acceptors (Lipinski definition) is 3. The summed E-state index contributed by atoms with van der Waals surface area (Å²) >= 11 is 0. The topological polar surface area (TPSA) is 95.5 Å². The van der Waals surface area contributed by atoms with E-state index >= 15 is 0 Å². The Morgan fingerprint density at radius 3 is 2.17 bits per heavy atom. The second kappa shape index (κ2) is 5.81. The molecule has 0 aromatic heterocycles. The van der Waals surface area contributed by atoms with Crippen LogP contribution in [0.1, 0.15) is 24.2 Å². The van der Waals surface area contributed by atoms with Crippen LogP contribution in [0.3, 0.4) is 0 Å². The number of amides is 2. The summed E-state index contributed by atoms with van der Waals surface area (Å²) in [6.07, 6.45) is 0. The number of rotatable bonds is 4. The summed E-state index contributed by atoms with van der Waals surface area (Å²) in [7, 11) is 0. The van der Waals surface area contributed by atoms with Crippen molar-refractivity contribution in [3.63, 3.8) is 0 Å². The van der Waals surface area contributed by atoms with E-state index in [-0.39, 0.29) is 5.91 Å². The lowest BCUT2D eigenvalue weighted by molar-refractivity contribution is -0.138. The molecule has 1 atom stereocenters. The van der Waals surface area contributed by atoms with Gasteiger partial charge in [-0.15, -0.1) is 0 Å². The first-order valence-corrected chi connectivity index (χ1v) is 5.31. The van der Waals surface area contributed by atoms with Crippen molar-refractivity contribution >= 4 is 23.5 Å². The molecule has 0 radical (unpaired) electrons. The zero-order valence-electron chi connectivity index (χ0n) is 10.1. The van der Waals surface area contributed by atoms with Gasteiger partial charge in [0.25, 0.3) is 5.91 Å². The molecule has 0 aliphatic heterocycles. The number of aliphatic carboxylic acids is 1. The Morgan fingerprint density at radius 2 is 1.72 bits per heavy atom. The predicted octanol–water partition coefficient (Wildman–Crippen LogP) is 0.848. The second-order valence-corrected chi connectivity index (χ2v) is 3.79. The number of carboxylic acids is 1. The van der Waals surface area contributed by atoms with Crippen LogP contribution >= 0.6 is 0 Å². The zero-order chi connectivity index (χ0) is 13.7. The number of benzene rings is 1. The maximum absolute atomic E-state index is 11.6. The molecule has 0 spiro atoms. The summed E-state index contributed by atoms with van der Waals surface area (Å²) in [5.74, 6) is -1.77. The largest absolute Gasteiger partial charge is 0.480 e. The lowest BCUT2D eigenvalue weighted by atomic mass is 10.2. The molecule has 6 heteroatoms. The molecule has 1 aromatic carbocycles. The summed E-state index contributed by atoms with van der Waals surface area (Å²) in [6, 6.07) is 5.21. The van der Waals surface area contributed by atoms with Gasteiger partial charge in [0.15, 0.2) is 0 Å². The SMILES string of the molecule is CC(=O)Nc1ccc(C(=O)NC(C)C(=O)O)cc1. The van der Waals surface area contributed by atoms with Gasteiger partial charge >= 0.3 is 5.97 Å². The predicted molar refractivity (Wildman–Crippen MR) is 65.3 cm³/mol. The molecule has 0 heterocycles. The zero-order valence-corrected chi connectivity index (χ0v) is 10.1. The molecule has 1 rings (SSSR count). The maximum Gasteiger partial charge on any atom is 0.325 e. The minimum absolute atomic E-state index is 0.202. The molecule has 0 saturated carbocycles. The van der Waals surface area contributed by atoms with Crippen LogP contribution in [0.15, 0.2) is 24.3 Å². The van der Waals surface area contributed by atoms with E-state index in [1.165, 1.54) is 26.0 Å². The van der Waals surface area contributed by atoms with E-state index in [0.717, 1.165) is 0 Å². The van der Waals surface area contributed by atoms with Gasteiger partial charge in [0.05, 0.1) is 0 Å². The van der Waals surface area contributed by atoms with E-state index in [4.69, 9.17) is 5.11 Å². The van der Waals surface area contributed by atoms with E-state index in [1.807, 2.05) is 0 Å². The third-order valence-electron chi connectivity index (χ3n) is 2.19. The molecule has 0 bridgehead atoms. The van der Waals surface area contributed by atoms with Gasteiger partial charge in [0, 0.05) is 18.2 Å². The van der Waals surface area contributed by atoms with Crippen LogP contribution in [0.4, 0.5) is 5.69 Å². The van der Waals surface area contributed by atoms with Crippen molar-refractivity contribution in [3.8, 4) is 0 Å². The maximum atomic E-state index is 11.6. The van der Waals surface area contributed by atoms with Crippen molar-refractivity contribution in [2.45, 2.75) is 19.9 Å². The fourth-order valence-corrected chi connectivity index (χ4v) is 1.25. The van der Waals surface area contributed by atoms with Crippen molar-refractivity contribution in [1.82, 2.24) is 5.32 Å². The molecule has 18 heavy (non-hydrogen) atoms. The van der Waals surface area contributed by atoms with Gasteiger partial charge in [-0.05, 0) is 31.2 Å². The van der Waals surface area contributed by atoms with Gasteiger partial charge in [-0.25, -0.2) is 0 Å². The first-order chi connectivity index (χ1) is 8.40. The van der Waals surface area contributed by atoms with E-state index in [9.17, 15) is 14.4 Å². The third kappa shape index (κ3) is 3.89. The Hall–Kier alpha value is -2.37. The minimum atomic E-state index is -1.10. The standard InChI is InChI=1S/C12H14N2O4/c1-7(12(17)18)13-11(16)9-3-5-10(6-4-9)14-8(2)15/h3-7H,1-2H3,(H,13,16)(H,14,15)(H,17,18). The van der Waals surface area contributed by atoms with Gasteiger partial charge in [-0.3, -0.25) is 14.4 Å². The smallest absolute Gasteiger partial charge is 0.325 e. The molecule has 0 fully saturated rings. The molecule has 1 unspecified atom stereocenters. The average Bonchev–Trinajstić information content (AvgIpc) is 2.28. The molecule has 1 aromatic rings. The van der Waals surface area contributed by atoms with Gasteiger partial charge < -0.3 is 15.7 Å². The minimum Gasteiger partial charge on any atom is -0.480 e. The first-order valence-electron chi connectivity index (χ1n) is 5.31. The number of nitrogens with one attached hydrogen (secondary N) is 2. The third-order valence-corrected chi connectivity index (χ3v) is 2.19. The lowest BCUT2D eigenvalue weighted by Crippen LogP contribution is -2.38. The van der Waals surface area contributed by atoms with E-state index in [1.54, 1.807) is 12.1 Å². The summed E-state index contributed by atoms with van der Waals surface area (Å²) in [6.45, 7) is 2.76. The Balaban J connectivity index is 2.70.